The number of hydrogen-bond acceptors (Lipinski definition) is 5. The number of pyridine rings is 2. The summed E-state index contributed by atoms with van der Waals surface area (Å²) in [5.41, 5.74) is 4.82. The summed E-state index contributed by atoms with van der Waals surface area (Å²) in [5.74, 6) is -0.375. The normalized spacial score (nSPS) is 15.9. The van der Waals surface area contributed by atoms with Gasteiger partial charge in [0.1, 0.15) is 11.5 Å². The average Bonchev–Trinajstić information content (AvgIpc) is 3.41. The third kappa shape index (κ3) is 4.43. The summed E-state index contributed by atoms with van der Waals surface area (Å²) in [6.07, 6.45) is 5.87. The number of nitrogens with zero attached hydrogens (tertiary/aromatic N) is 4. The van der Waals surface area contributed by atoms with Crippen LogP contribution in [0.3, 0.4) is 0 Å². The number of anilines is 1. The predicted molar refractivity (Wildman–Crippen MR) is 131 cm³/mol. The molecule has 2 N–H and O–H groups in total. The third-order valence-electron chi connectivity index (χ3n) is 6.40. The SMILES string of the molecule is CC1(C)CCCN1CCNc1cnc2ccc(-c3nc[nH]c3-c3cc(Cl)ccc3F)nc2c1. The van der Waals surface area contributed by atoms with Gasteiger partial charge in [0.2, 0.25) is 0 Å². The molecule has 1 fully saturated rings. The van der Waals surface area contributed by atoms with Gasteiger partial charge in [-0.2, -0.15) is 0 Å². The van der Waals surface area contributed by atoms with Gasteiger partial charge in [-0.25, -0.2) is 14.4 Å². The fraction of sp³-hybridized carbons (Fsp3) is 0.320. The summed E-state index contributed by atoms with van der Waals surface area (Å²) in [7, 11) is 0. The predicted octanol–water partition coefficient (Wildman–Crippen LogP) is 5.77. The summed E-state index contributed by atoms with van der Waals surface area (Å²) in [6, 6.07) is 10.2. The lowest BCUT2D eigenvalue weighted by molar-refractivity contribution is 0.182. The molecule has 0 radical (unpaired) electrons. The highest BCUT2D eigenvalue weighted by Crippen LogP contribution is 2.32. The standard InChI is InChI=1S/C25H26ClFN6/c1-25(2)8-3-10-33(25)11-9-28-17-13-22-20(29-14-17)6-7-21(32-22)24-23(30-15-31-24)18-12-16(26)4-5-19(18)27/h4-7,12-15,28H,3,8-11H2,1-2H3,(H,30,31). The molecule has 1 aromatic carbocycles. The Labute approximate surface area is 197 Å². The Morgan fingerprint density at radius 2 is 2.03 bits per heavy atom. The molecule has 0 unspecified atom stereocenters. The van der Waals surface area contributed by atoms with Crippen molar-refractivity contribution < 1.29 is 4.39 Å². The molecule has 0 saturated carbocycles. The van der Waals surface area contributed by atoms with Gasteiger partial charge in [-0.05, 0) is 69.6 Å². The molecule has 1 saturated heterocycles. The molecule has 1 aliphatic rings. The smallest absolute Gasteiger partial charge is 0.132 e. The summed E-state index contributed by atoms with van der Waals surface area (Å²) >= 11 is 6.09. The lowest BCUT2D eigenvalue weighted by Crippen LogP contribution is -2.40. The molecule has 3 aromatic heterocycles. The quantitative estimate of drug-likeness (QED) is 0.379. The van der Waals surface area contributed by atoms with E-state index in [2.05, 4.69) is 39.0 Å². The number of hydrogen-bond donors (Lipinski definition) is 2. The second kappa shape index (κ2) is 8.72. The van der Waals surface area contributed by atoms with Gasteiger partial charge < -0.3 is 10.3 Å². The highest BCUT2D eigenvalue weighted by Gasteiger charge is 2.30. The number of imidazole rings is 1. The molecule has 6 nitrogen and oxygen atoms in total. The zero-order valence-electron chi connectivity index (χ0n) is 18.7. The van der Waals surface area contributed by atoms with Crippen LogP contribution in [-0.4, -0.2) is 50.0 Å². The van der Waals surface area contributed by atoms with E-state index in [1.54, 1.807) is 6.07 Å². The molecule has 8 heteroatoms. The second-order valence-electron chi connectivity index (χ2n) is 9.04. The highest BCUT2D eigenvalue weighted by molar-refractivity contribution is 6.30. The number of fused-ring (bicyclic) bond motifs is 1. The van der Waals surface area contributed by atoms with Crippen molar-refractivity contribution in [3.05, 3.63) is 59.8 Å². The first-order chi connectivity index (χ1) is 15.9. The van der Waals surface area contributed by atoms with E-state index in [-0.39, 0.29) is 11.4 Å². The van der Waals surface area contributed by atoms with Crippen molar-refractivity contribution in [1.29, 1.82) is 0 Å². The van der Waals surface area contributed by atoms with E-state index in [9.17, 15) is 4.39 Å². The lowest BCUT2D eigenvalue weighted by Gasteiger charge is -2.31. The van der Waals surface area contributed by atoms with Crippen molar-refractivity contribution in [1.82, 2.24) is 24.8 Å². The van der Waals surface area contributed by atoms with E-state index in [1.165, 1.54) is 31.3 Å². The van der Waals surface area contributed by atoms with Crippen LogP contribution in [0.2, 0.25) is 5.02 Å². The summed E-state index contributed by atoms with van der Waals surface area (Å²) < 4.78 is 14.5. The van der Waals surface area contributed by atoms with Gasteiger partial charge >= 0.3 is 0 Å². The molecule has 1 aliphatic heterocycles. The van der Waals surface area contributed by atoms with Crippen LogP contribution in [0, 0.1) is 5.82 Å². The molecular weight excluding hydrogens is 439 g/mol. The zero-order chi connectivity index (χ0) is 23.0. The maximum Gasteiger partial charge on any atom is 0.132 e. The number of benzene rings is 1. The second-order valence-corrected chi connectivity index (χ2v) is 9.48. The number of nitrogens with one attached hydrogen (secondary N) is 2. The molecule has 170 valence electrons. The molecule has 4 aromatic rings. The molecule has 0 amide bonds. The third-order valence-corrected chi connectivity index (χ3v) is 6.64. The van der Waals surface area contributed by atoms with E-state index in [0.717, 1.165) is 36.4 Å². The van der Waals surface area contributed by atoms with Crippen molar-refractivity contribution in [3.63, 3.8) is 0 Å². The Kier molecular flexibility index (Phi) is 5.76. The van der Waals surface area contributed by atoms with Crippen molar-refractivity contribution in [2.75, 3.05) is 25.0 Å². The minimum Gasteiger partial charge on any atom is -0.382 e. The summed E-state index contributed by atoms with van der Waals surface area (Å²) in [5, 5.41) is 3.93. The fourth-order valence-corrected chi connectivity index (χ4v) is 4.70. The van der Waals surface area contributed by atoms with Crippen molar-refractivity contribution >= 4 is 28.3 Å². The molecule has 0 aliphatic carbocycles. The average molecular weight is 465 g/mol. The van der Waals surface area contributed by atoms with Gasteiger partial charge in [-0.1, -0.05) is 11.6 Å². The van der Waals surface area contributed by atoms with Gasteiger partial charge in [-0.3, -0.25) is 9.88 Å². The molecule has 0 spiro atoms. The van der Waals surface area contributed by atoms with Crippen LogP contribution >= 0.6 is 11.6 Å². The monoisotopic (exact) mass is 464 g/mol. The van der Waals surface area contributed by atoms with Gasteiger partial charge in [-0.15, -0.1) is 0 Å². The first-order valence-corrected chi connectivity index (χ1v) is 11.5. The Morgan fingerprint density at radius 3 is 2.85 bits per heavy atom. The zero-order valence-corrected chi connectivity index (χ0v) is 19.5. The van der Waals surface area contributed by atoms with Crippen molar-refractivity contribution in [2.45, 2.75) is 32.2 Å². The Balaban J connectivity index is 1.39. The van der Waals surface area contributed by atoms with Crippen LogP contribution in [0.1, 0.15) is 26.7 Å². The molecule has 4 heterocycles. The number of rotatable bonds is 6. The molecular formula is C25H26ClFN6. The Bertz CT molecular complexity index is 1300. The van der Waals surface area contributed by atoms with E-state index in [4.69, 9.17) is 16.6 Å². The summed E-state index contributed by atoms with van der Waals surface area (Å²) in [4.78, 5) is 19.3. The fourth-order valence-electron chi connectivity index (χ4n) is 4.53. The molecule has 33 heavy (non-hydrogen) atoms. The number of aromatic nitrogens is 4. The van der Waals surface area contributed by atoms with Gasteiger partial charge in [0.25, 0.3) is 0 Å². The van der Waals surface area contributed by atoms with Crippen molar-refractivity contribution in [2.24, 2.45) is 0 Å². The molecule has 0 atom stereocenters. The van der Waals surface area contributed by atoms with E-state index < -0.39 is 0 Å². The Hall–Kier alpha value is -3.03. The Morgan fingerprint density at radius 1 is 1.15 bits per heavy atom. The minimum atomic E-state index is -0.375. The van der Waals surface area contributed by atoms with Crippen LogP contribution in [0.5, 0.6) is 0 Å². The van der Waals surface area contributed by atoms with Gasteiger partial charge in [0, 0.05) is 29.2 Å². The van der Waals surface area contributed by atoms with Crippen LogP contribution in [0.4, 0.5) is 10.1 Å². The van der Waals surface area contributed by atoms with Gasteiger partial charge in [0.15, 0.2) is 0 Å². The lowest BCUT2D eigenvalue weighted by atomic mass is 10.0. The number of H-pyrrole nitrogens is 1. The first-order valence-electron chi connectivity index (χ1n) is 11.2. The number of halogens is 2. The minimum absolute atomic E-state index is 0.267. The molecule has 0 bridgehead atoms. The molecule has 5 rings (SSSR count). The maximum atomic E-state index is 14.5. The van der Waals surface area contributed by atoms with E-state index in [1.807, 2.05) is 24.4 Å². The number of aromatic amines is 1. The largest absolute Gasteiger partial charge is 0.382 e. The van der Waals surface area contributed by atoms with Crippen molar-refractivity contribution in [3.8, 4) is 22.6 Å². The topological polar surface area (TPSA) is 69.7 Å². The van der Waals surface area contributed by atoms with Crippen LogP contribution in [-0.2, 0) is 0 Å². The highest BCUT2D eigenvalue weighted by atomic mass is 35.5. The van der Waals surface area contributed by atoms with Crippen LogP contribution in [0.15, 0.2) is 48.9 Å². The first kappa shape index (κ1) is 21.8. The van der Waals surface area contributed by atoms with Gasteiger partial charge in [0.05, 0.1) is 40.6 Å². The number of likely N-dealkylation sites (tertiary alicyclic amines) is 1. The van der Waals surface area contributed by atoms with E-state index in [0.29, 0.717) is 27.7 Å². The van der Waals surface area contributed by atoms with Crippen LogP contribution < -0.4 is 5.32 Å². The maximum absolute atomic E-state index is 14.5. The van der Waals surface area contributed by atoms with Crippen LogP contribution in [0.25, 0.3) is 33.7 Å². The van der Waals surface area contributed by atoms with E-state index >= 15 is 0 Å². The summed E-state index contributed by atoms with van der Waals surface area (Å²) in [6.45, 7) is 7.59.